The second-order valence-electron chi connectivity index (χ2n) is 14.9. The van der Waals surface area contributed by atoms with Gasteiger partial charge in [0.1, 0.15) is 24.4 Å². The molecule has 3 aromatic carbocycles. The average molecular weight is 644 g/mol. The van der Waals surface area contributed by atoms with Crippen LogP contribution in [0.5, 0.6) is 5.75 Å². The normalized spacial score (nSPS) is 20.0. The van der Waals surface area contributed by atoms with Gasteiger partial charge in [0.05, 0.1) is 5.41 Å². The predicted octanol–water partition coefficient (Wildman–Crippen LogP) is 11.3. The lowest BCUT2D eigenvalue weighted by Gasteiger charge is -2.27. The number of ether oxygens (including phenoxy) is 1. The van der Waals surface area contributed by atoms with Gasteiger partial charge in [0.15, 0.2) is 5.71 Å². The fourth-order valence-corrected chi connectivity index (χ4v) is 7.79. The second kappa shape index (κ2) is 13.4. The number of halogens is 1. The van der Waals surface area contributed by atoms with Crippen LogP contribution in [-0.4, -0.2) is 23.9 Å². The van der Waals surface area contributed by atoms with Gasteiger partial charge in [0.25, 0.3) is 0 Å². The maximum Gasteiger partial charge on any atom is 0.209 e. The number of unbranched alkanes of at least 4 members (excludes halogenated alkanes) is 2. The molecule has 0 saturated heterocycles. The summed E-state index contributed by atoms with van der Waals surface area (Å²) in [6.07, 6.45) is 15.7. The first-order valence-electron chi connectivity index (χ1n) is 17.8. The summed E-state index contributed by atoms with van der Waals surface area (Å²) >= 11 is 0. The van der Waals surface area contributed by atoms with Crippen LogP contribution in [0.15, 0.2) is 108 Å². The van der Waals surface area contributed by atoms with E-state index in [1.807, 2.05) is 6.07 Å². The lowest BCUT2D eigenvalue weighted by Crippen LogP contribution is -2.27. The average Bonchev–Trinajstić information content (AvgIpc) is 3.37. The van der Waals surface area contributed by atoms with Gasteiger partial charge in [0, 0.05) is 41.1 Å². The fraction of sp³-hybridized carbons (Fsp3) is 0.386. The standard InChI is InChI=1S/C44H52FN2O/c1-9-10-11-27-47-39-23-17-31(3)28-36(39)44(6,7)41(47)26-19-33-14-12-13-32(42(33)48-35-21-15-30(2)16-22-35)18-25-40-43(4,5)37-29-34(45)20-24-38(37)46(40)8/h15-26,28-29H,9-14,27H2,1-8H3/q+1. The zero-order valence-corrected chi connectivity index (χ0v) is 30.2. The quantitative estimate of drug-likeness (QED) is 0.170. The Morgan fingerprint density at radius 2 is 1.58 bits per heavy atom. The van der Waals surface area contributed by atoms with Crippen molar-refractivity contribution in [2.75, 3.05) is 18.5 Å². The number of hydrogen-bond donors (Lipinski definition) is 0. The monoisotopic (exact) mass is 643 g/mol. The van der Waals surface area contributed by atoms with E-state index in [-0.39, 0.29) is 16.6 Å². The zero-order chi connectivity index (χ0) is 34.2. The molecule has 0 N–H and O–H groups in total. The Bertz CT molecular complexity index is 1870. The van der Waals surface area contributed by atoms with Crippen LogP contribution in [-0.2, 0) is 10.8 Å². The highest BCUT2D eigenvalue weighted by Crippen LogP contribution is 2.48. The third-order valence-corrected chi connectivity index (χ3v) is 10.6. The van der Waals surface area contributed by atoms with Crippen LogP contribution in [0.3, 0.4) is 0 Å². The topological polar surface area (TPSA) is 15.5 Å². The molecule has 0 amide bonds. The molecule has 0 saturated carbocycles. The van der Waals surface area contributed by atoms with Crippen molar-refractivity contribution in [3.8, 4) is 5.75 Å². The van der Waals surface area contributed by atoms with Gasteiger partial charge in [-0.3, -0.25) is 0 Å². The Labute approximate surface area is 287 Å². The number of allylic oxidation sites excluding steroid dienone is 7. The number of benzene rings is 3. The van der Waals surface area contributed by atoms with Crippen LogP contribution in [0.4, 0.5) is 15.8 Å². The zero-order valence-electron chi connectivity index (χ0n) is 30.2. The van der Waals surface area contributed by atoms with Crippen molar-refractivity contribution in [1.29, 1.82) is 0 Å². The molecule has 0 spiro atoms. The fourth-order valence-electron chi connectivity index (χ4n) is 7.79. The Hall–Kier alpha value is -4.18. The minimum Gasteiger partial charge on any atom is -0.457 e. The number of fused-ring (bicyclic) bond motifs is 2. The first kappa shape index (κ1) is 33.7. The van der Waals surface area contributed by atoms with Gasteiger partial charge in [-0.05, 0) is 113 Å². The van der Waals surface area contributed by atoms with Gasteiger partial charge in [-0.1, -0.05) is 75.1 Å². The lowest BCUT2D eigenvalue weighted by atomic mass is 9.81. The second-order valence-corrected chi connectivity index (χ2v) is 14.9. The number of hydrogen-bond acceptors (Lipinski definition) is 2. The first-order chi connectivity index (χ1) is 22.9. The number of aryl methyl sites for hydroxylation is 2. The van der Waals surface area contributed by atoms with E-state index in [1.54, 1.807) is 12.1 Å². The highest BCUT2D eigenvalue weighted by atomic mass is 19.1. The minimum absolute atomic E-state index is 0.104. The maximum atomic E-state index is 14.3. The van der Waals surface area contributed by atoms with Crippen LogP contribution < -0.4 is 9.64 Å². The third kappa shape index (κ3) is 6.34. The Morgan fingerprint density at radius 1 is 0.833 bits per heavy atom. The Balaban J connectivity index is 1.42. The van der Waals surface area contributed by atoms with Gasteiger partial charge in [-0.25, -0.2) is 4.39 Å². The Morgan fingerprint density at radius 3 is 2.33 bits per heavy atom. The summed E-state index contributed by atoms with van der Waals surface area (Å²) in [6.45, 7) is 16.7. The summed E-state index contributed by atoms with van der Waals surface area (Å²) in [6, 6.07) is 20.4. The summed E-state index contributed by atoms with van der Waals surface area (Å²) in [5, 5.41) is 0. The van der Waals surface area contributed by atoms with Crippen LogP contribution in [0.25, 0.3) is 0 Å². The molecule has 0 atom stereocenters. The summed E-state index contributed by atoms with van der Waals surface area (Å²) in [5.41, 5.74) is 11.8. The number of anilines is 1. The van der Waals surface area contributed by atoms with Crippen LogP contribution in [0.2, 0.25) is 0 Å². The molecular weight excluding hydrogens is 591 g/mol. The summed E-state index contributed by atoms with van der Waals surface area (Å²) < 4.78 is 23.3. The number of nitrogens with zero attached hydrogens (tertiary/aromatic N) is 2. The molecule has 250 valence electrons. The number of rotatable bonds is 9. The van der Waals surface area contributed by atoms with E-state index < -0.39 is 0 Å². The van der Waals surface area contributed by atoms with Crippen molar-refractivity contribution in [3.63, 3.8) is 0 Å². The van der Waals surface area contributed by atoms with Gasteiger partial charge >= 0.3 is 0 Å². The molecule has 48 heavy (non-hydrogen) atoms. The molecule has 4 heteroatoms. The first-order valence-corrected chi connectivity index (χ1v) is 17.8. The van der Waals surface area contributed by atoms with Crippen LogP contribution in [0.1, 0.15) is 95.4 Å². The molecule has 1 aliphatic carbocycles. The highest BCUT2D eigenvalue weighted by molar-refractivity contribution is 6.03. The van der Waals surface area contributed by atoms with Crippen molar-refractivity contribution in [2.24, 2.45) is 0 Å². The molecule has 0 unspecified atom stereocenters. The SMILES string of the molecule is CCCCCN1/C(=C/C=C2\CCCC(/C=C/C3=[N+](C)c4ccc(F)cc4C3(C)C)=C2Oc2ccc(C)cc2)C(C)(C)c2cc(C)ccc21. The largest absolute Gasteiger partial charge is 0.457 e. The van der Waals surface area contributed by atoms with Crippen molar-refractivity contribution < 1.29 is 13.7 Å². The van der Waals surface area contributed by atoms with Gasteiger partial charge in [0.2, 0.25) is 5.69 Å². The van der Waals surface area contributed by atoms with Gasteiger partial charge < -0.3 is 9.64 Å². The molecule has 2 aliphatic heterocycles. The van der Waals surface area contributed by atoms with Crippen molar-refractivity contribution >= 4 is 17.1 Å². The van der Waals surface area contributed by atoms with E-state index >= 15 is 0 Å². The Kier molecular flexibility index (Phi) is 9.40. The molecule has 0 radical (unpaired) electrons. The molecule has 3 aromatic rings. The van der Waals surface area contributed by atoms with E-state index in [9.17, 15) is 4.39 Å². The molecule has 6 rings (SSSR count). The lowest BCUT2D eigenvalue weighted by molar-refractivity contribution is -0.401. The molecule has 0 bridgehead atoms. The molecule has 2 heterocycles. The van der Waals surface area contributed by atoms with Crippen molar-refractivity contribution in [3.05, 3.63) is 136 Å². The molecule has 0 fully saturated rings. The highest BCUT2D eigenvalue weighted by Gasteiger charge is 2.43. The van der Waals surface area contributed by atoms with E-state index in [4.69, 9.17) is 4.74 Å². The van der Waals surface area contributed by atoms with Crippen molar-refractivity contribution in [2.45, 2.75) is 97.8 Å². The van der Waals surface area contributed by atoms with E-state index in [2.05, 4.69) is 132 Å². The summed E-state index contributed by atoms with van der Waals surface area (Å²) in [5.74, 6) is 1.60. The third-order valence-electron chi connectivity index (χ3n) is 10.6. The van der Waals surface area contributed by atoms with Crippen molar-refractivity contribution in [1.82, 2.24) is 0 Å². The molecular formula is C44H52FN2O+. The summed E-state index contributed by atoms with van der Waals surface area (Å²) in [7, 11) is 2.08. The minimum atomic E-state index is -0.318. The summed E-state index contributed by atoms with van der Waals surface area (Å²) in [4.78, 5) is 2.56. The molecule has 3 nitrogen and oxygen atoms in total. The predicted molar refractivity (Wildman–Crippen MR) is 199 cm³/mol. The van der Waals surface area contributed by atoms with Crippen LogP contribution >= 0.6 is 0 Å². The molecule has 0 aromatic heterocycles. The van der Waals surface area contributed by atoms with E-state index in [1.165, 1.54) is 58.5 Å². The smallest absolute Gasteiger partial charge is 0.209 e. The van der Waals surface area contributed by atoms with Gasteiger partial charge in [-0.15, -0.1) is 0 Å². The van der Waals surface area contributed by atoms with E-state index in [0.717, 1.165) is 54.3 Å². The van der Waals surface area contributed by atoms with Gasteiger partial charge in [-0.2, -0.15) is 4.58 Å². The maximum absolute atomic E-state index is 14.3. The van der Waals surface area contributed by atoms with E-state index in [0.29, 0.717) is 0 Å². The van der Waals surface area contributed by atoms with Crippen LogP contribution in [0, 0.1) is 19.7 Å². The molecule has 3 aliphatic rings.